The van der Waals surface area contributed by atoms with Gasteiger partial charge >= 0.3 is 0 Å². The molecule has 2 aromatic rings. The van der Waals surface area contributed by atoms with Gasteiger partial charge in [-0.3, -0.25) is 9.69 Å². The molecule has 0 bridgehead atoms. The van der Waals surface area contributed by atoms with Crippen molar-refractivity contribution in [2.24, 2.45) is 5.92 Å². The first-order chi connectivity index (χ1) is 14.0. The highest BCUT2D eigenvalue weighted by Crippen LogP contribution is 2.45. The van der Waals surface area contributed by atoms with Crippen LogP contribution in [-0.4, -0.2) is 45.3 Å². The molecule has 154 valence electrons. The van der Waals surface area contributed by atoms with Crippen molar-refractivity contribution in [3.8, 4) is 0 Å². The number of piperidine rings is 1. The zero-order chi connectivity index (χ0) is 20.2. The van der Waals surface area contributed by atoms with Gasteiger partial charge in [0.1, 0.15) is 5.82 Å². The number of aromatic amines is 1. The van der Waals surface area contributed by atoms with Crippen molar-refractivity contribution >= 4 is 5.91 Å². The Morgan fingerprint density at radius 2 is 1.83 bits per heavy atom. The molecule has 2 fully saturated rings. The van der Waals surface area contributed by atoms with Gasteiger partial charge in [-0.2, -0.15) is 0 Å². The lowest BCUT2D eigenvalue weighted by Crippen LogP contribution is -2.58. The molecule has 0 radical (unpaired) electrons. The second kappa shape index (κ2) is 6.86. The number of amides is 1. The number of aromatic nitrogens is 2. The summed E-state index contributed by atoms with van der Waals surface area (Å²) in [5, 5.41) is 0. The number of halogens is 3. The van der Waals surface area contributed by atoms with Gasteiger partial charge in [0.15, 0.2) is 11.6 Å². The molecule has 1 N–H and O–H groups in total. The molecule has 0 unspecified atom stereocenters. The second-order valence-electron chi connectivity index (χ2n) is 8.41. The van der Waals surface area contributed by atoms with E-state index in [9.17, 15) is 18.0 Å². The molecule has 1 aliphatic carbocycles. The molecular weight excluding hydrogens is 381 g/mol. The van der Waals surface area contributed by atoms with Crippen molar-refractivity contribution in [2.75, 3.05) is 19.6 Å². The van der Waals surface area contributed by atoms with Crippen LogP contribution in [0.2, 0.25) is 0 Å². The fourth-order valence-corrected chi connectivity index (χ4v) is 4.86. The summed E-state index contributed by atoms with van der Waals surface area (Å²) in [5.41, 5.74) is 1.76. The SMILES string of the molecule is O=C(C1CC1)N1CCc2[nH]cnc2C12CCN(Cc1cc(F)c(F)cc1F)CC2. The summed E-state index contributed by atoms with van der Waals surface area (Å²) in [6.45, 7) is 2.14. The molecular formula is C21H23F3N4O. The third kappa shape index (κ3) is 3.13. The van der Waals surface area contributed by atoms with Gasteiger partial charge < -0.3 is 9.88 Å². The number of carbonyl (C=O) groups is 1. The lowest BCUT2D eigenvalue weighted by Gasteiger charge is -2.50. The summed E-state index contributed by atoms with van der Waals surface area (Å²) in [7, 11) is 0. The van der Waals surface area contributed by atoms with E-state index in [0.29, 0.717) is 38.5 Å². The van der Waals surface area contributed by atoms with E-state index >= 15 is 0 Å². The molecule has 8 heteroatoms. The average Bonchev–Trinajstić information content (AvgIpc) is 3.44. The average molecular weight is 404 g/mol. The van der Waals surface area contributed by atoms with Crippen molar-refractivity contribution in [1.29, 1.82) is 0 Å². The first-order valence-corrected chi connectivity index (χ1v) is 10.2. The van der Waals surface area contributed by atoms with Crippen LogP contribution in [0.25, 0.3) is 0 Å². The van der Waals surface area contributed by atoms with E-state index in [1.54, 1.807) is 6.33 Å². The first kappa shape index (κ1) is 18.7. The Bertz CT molecular complexity index is 947. The van der Waals surface area contributed by atoms with Gasteiger partial charge in [0, 0.05) is 55.8 Å². The van der Waals surface area contributed by atoms with Crippen LogP contribution in [0.5, 0.6) is 0 Å². The second-order valence-corrected chi connectivity index (χ2v) is 8.41. The predicted molar refractivity (Wildman–Crippen MR) is 99.2 cm³/mol. The van der Waals surface area contributed by atoms with Gasteiger partial charge in [-0.15, -0.1) is 0 Å². The number of benzene rings is 1. The Balaban J connectivity index is 1.37. The number of nitrogens with one attached hydrogen (secondary N) is 1. The minimum Gasteiger partial charge on any atom is -0.348 e. The summed E-state index contributed by atoms with van der Waals surface area (Å²) in [6, 6.07) is 1.54. The number of carbonyl (C=O) groups excluding carboxylic acids is 1. The molecule has 29 heavy (non-hydrogen) atoms. The molecule has 1 saturated heterocycles. The van der Waals surface area contributed by atoms with Crippen molar-refractivity contribution < 1.29 is 18.0 Å². The molecule has 5 rings (SSSR count). The van der Waals surface area contributed by atoms with Crippen molar-refractivity contribution in [2.45, 2.75) is 44.2 Å². The number of likely N-dealkylation sites (tertiary alicyclic amines) is 1. The topological polar surface area (TPSA) is 52.2 Å². The monoisotopic (exact) mass is 404 g/mol. The Morgan fingerprint density at radius 1 is 1.10 bits per heavy atom. The quantitative estimate of drug-likeness (QED) is 0.800. The molecule has 1 amide bonds. The maximum atomic E-state index is 14.1. The largest absolute Gasteiger partial charge is 0.348 e. The summed E-state index contributed by atoms with van der Waals surface area (Å²) in [6.07, 6.45) is 5.77. The molecule has 1 spiro atoms. The van der Waals surface area contributed by atoms with Gasteiger partial charge in [-0.1, -0.05) is 0 Å². The standard InChI is InChI=1S/C21H23F3N4O/c22-15-10-17(24)16(23)9-14(15)11-27-7-4-21(5-8-27)19-18(25-12-26-19)3-6-28(21)20(29)13-1-2-13/h9-10,12-13H,1-8,11H2,(H,25,26). The van der Waals surface area contributed by atoms with Crippen LogP contribution in [-0.2, 0) is 23.3 Å². The molecule has 0 atom stereocenters. The number of imidazole rings is 1. The number of H-pyrrole nitrogens is 1. The van der Waals surface area contributed by atoms with E-state index in [1.165, 1.54) is 0 Å². The third-order valence-electron chi connectivity index (χ3n) is 6.62. The molecule has 3 aliphatic rings. The highest BCUT2D eigenvalue weighted by Gasteiger charge is 2.50. The Morgan fingerprint density at radius 3 is 2.55 bits per heavy atom. The molecule has 2 aliphatic heterocycles. The first-order valence-electron chi connectivity index (χ1n) is 10.2. The Hall–Kier alpha value is -2.35. The summed E-state index contributed by atoms with van der Waals surface area (Å²) < 4.78 is 40.8. The van der Waals surface area contributed by atoms with Crippen LogP contribution in [0.15, 0.2) is 18.5 Å². The van der Waals surface area contributed by atoms with Crippen LogP contribution >= 0.6 is 0 Å². The molecule has 1 aromatic heterocycles. The normalized spacial score (nSPS) is 21.4. The summed E-state index contributed by atoms with van der Waals surface area (Å²) in [5.74, 6) is -2.58. The van der Waals surface area contributed by atoms with Gasteiger partial charge in [-0.05, 0) is 31.7 Å². The van der Waals surface area contributed by atoms with Crippen LogP contribution in [0, 0.1) is 23.4 Å². The van der Waals surface area contributed by atoms with E-state index in [2.05, 4.69) is 9.97 Å². The maximum Gasteiger partial charge on any atom is 0.226 e. The molecule has 5 nitrogen and oxygen atoms in total. The Labute approximate surface area is 166 Å². The highest BCUT2D eigenvalue weighted by molar-refractivity contribution is 5.82. The minimum atomic E-state index is -1.17. The molecule has 3 heterocycles. The van der Waals surface area contributed by atoms with E-state index in [1.807, 2.05) is 9.80 Å². The van der Waals surface area contributed by atoms with Crippen molar-refractivity contribution in [3.63, 3.8) is 0 Å². The maximum absolute atomic E-state index is 14.1. The zero-order valence-corrected chi connectivity index (χ0v) is 16.1. The summed E-state index contributed by atoms with van der Waals surface area (Å²) >= 11 is 0. The minimum absolute atomic E-state index is 0.140. The predicted octanol–water partition coefficient (Wildman–Crippen LogP) is 3.11. The number of hydrogen-bond acceptors (Lipinski definition) is 3. The summed E-state index contributed by atoms with van der Waals surface area (Å²) in [4.78, 5) is 24.8. The Kier molecular flexibility index (Phi) is 4.42. The van der Waals surface area contributed by atoms with Gasteiger partial charge in [-0.25, -0.2) is 18.2 Å². The fourth-order valence-electron chi connectivity index (χ4n) is 4.86. The fraction of sp³-hybridized carbons (Fsp3) is 0.524. The van der Waals surface area contributed by atoms with Crippen LogP contribution < -0.4 is 0 Å². The lowest BCUT2D eigenvalue weighted by molar-refractivity contribution is -0.143. The zero-order valence-electron chi connectivity index (χ0n) is 16.1. The molecule has 1 saturated carbocycles. The van der Waals surface area contributed by atoms with E-state index in [4.69, 9.17) is 0 Å². The van der Waals surface area contributed by atoms with Gasteiger partial charge in [0.2, 0.25) is 5.91 Å². The number of nitrogens with zero attached hydrogens (tertiary/aromatic N) is 3. The van der Waals surface area contributed by atoms with Crippen LogP contribution in [0.3, 0.4) is 0 Å². The number of fused-ring (bicyclic) bond motifs is 2. The number of rotatable bonds is 3. The smallest absolute Gasteiger partial charge is 0.226 e. The van der Waals surface area contributed by atoms with Gasteiger partial charge in [0.25, 0.3) is 0 Å². The van der Waals surface area contributed by atoms with Crippen molar-refractivity contribution in [3.05, 3.63) is 52.9 Å². The van der Waals surface area contributed by atoms with E-state index in [0.717, 1.165) is 36.7 Å². The third-order valence-corrected chi connectivity index (χ3v) is 6.62. The van der Waals surface area contributed by atoms with Crippen LogP contribution in [0.1, 0.15) is 42.6 Å². The van der Waals surface area contributed by atoms with E-state index in [-0.39, 0.29) is 23.9 Å². The lowest BCUT2D eigenvalue weighted by atomic mass is 9.78. The van der Waals surface area contributed by atoms with Gasteiger partial charge in [0.05, 0.1) is 17.6 Å². The highest BCUT2D eigenvalue weighted by atomic mass is 19.2. The van der Waals surface area contributed by atoms with Crippen LogP contribution in [0.4, 0.5) is 13.2 Å². The van der Waals surface area contributed by atoms with E-state index < -0.39 is 23.0 Å². The molecule has 1 aromatic carbocycles. The number of hydrogen-bond donors (Lipinski definition) is 1. The van der Waals surface area contributed by atoms with Crippen molar-refractivity contribution in [1.82, 2.24) is 19.8 Å².